The highest BCUT2D eigenvalue weighted by atomic mass is 16.5. The Bertz CT molecular complexity index is 941. The molecule has 0 aromatic rings. The SMILES string of the molecule is CCOCCOCCNC(=O)CCC(NC(=O)C1CCC(CNC(=O)CCCCCCCCCCCCCCCCCCC(=O)O)CC1)C(=O)O. The molecule has 12 heteroatoms. The summed E-state index contributed by atoms with van der Waals surface area (Å²) in [6.07, 6.45) is 22.8. The van der Waals surface area contributed by atoms with Crippen LogP contribution in [-0.4, -0.2) is 85.4 Å². The second kappa shape index (κ2) is 32.0. The fourth-order valence-electron chi connectivity index (χ4n) is 6.55. The van der Waals surface area contributed by atoms with Gasteiger partial charge in [-0.05, 0) is 57.8 Å². The zero-order valence-corrected chi connectivity index (χ0v) is 31.7. The van der Waals surface area contributed by atoms with Gasteiger partial charge in [0.05, 0.1) is 19.8 Å². The molecule has 51 heavy (non-hydrogen) atoms. The molecule has 1 unspecified atom stereocenters. The Labute approximate surface area is 307 Å². The first kappa shape index (κ1) is 46.3. The Morgan fingerprint density at radius 1 is 0.608 bits per heavy atom. The fourth-order valence-corrected chi connectivity index (χ4v) is 6.55. The summed E-state index contributed by atoms with van der Waals surface area (Å²) < 4.78 is 10.5. The summed E-state index contributed by atoms with van der Waals surface area (Å²) in [6.45, 7) is 4.75. The number of carboxylic acid groups (broad SMARTS) is 2. The van der Waals surface area contributed by atoms with Crippen LogP contribution >= 0.6 is 0 Å². The minimum absolute atomic E-state index is 0.00733. The molecule has 0 aromatic carbocycles. The Balaban J connectivity index is 2.00. The molecule has 5 N–H and O–H groups in total. The maximum absolute atomic E-state index is 12.8. The first-order valence-corrected chi connectivity index (χ1v) is 20.2. The molecule has 1 atom stereocenters. The number of nitrogens with one attached hydrogen (secondary N) is 3. The van der Waals surface area contributed by atoms with Crippen LogP contribution in [0.1, 0.15) is 161 Å². The van der Waals surface area contributed by atoms with Crippen LogP contribution in [0.5, 0.6) is 0 Å². The van der Waals surface area contributed by atoms with Crippen molar-refractivity contribution in [2.45, 2.75) is 167 Å². The van der Waals surface area contributed by atoms with Crippen LogP contribution in [0.2, 0.25) is 0 Å². The first-order chi connectivity index (χ1) is 24.7. The fraction of sp³-hybridized carbons (Fsp3) is 0.872. The monoisotopic (exact) mass is 726 g/mol. The van der Waals surface area contributed by atoms with Gasteiger partial charge in [0, 0.05) is 44.9 Å². The van der Waals surface area contributed by atoms with Crippen molar-refractivity contribution in [2.75, 3.05) is 39.5 Å². The number of carbonyl (C=O) groups is 5. The lowest BCUT2D eigenvalue weighted by Crippen LogP contribution is -2.45. The molecule has 1 aliphatic rings. The van der Waals surface area contributed by atoms with Gasteiger partial charge in [-0.15, -0.1) is 0 Å². The number of ether oxygens (including phenoxy) is 2. The number of hydrogen-bond acceptors (Lipinski definition) is 7. The number of carbonyl (C=O) groups excluding carboxylic acids is 3. The van der Waals surface area contributed by atoms with E-state index in [0.29, 0.717) is 71.1 Å². The standard InChI is InChI=1S/C39H71N3O9/c1-2-50-29-30-51-28-27-40-36(44)26-25-34(39(48)49)42-38(47)33-23-21-32(22-24-33)31-41-35(43)19-17-15-13-11-9-7-5-3-4-6-8-10-12-14-16-18-20-37(45)46/h32-34H,2-31H2,1H3,(H,40,44)(H,41,43)(H,42,47)(H,45,46)(H,48,49). The molecular formula is C39H71N3O9. The zero-order valence-electron chi connectivity index (χ0n) is 31.7. The van der Waals surface area contributed by atoms with Crippen LogP contribution in [0.3, 0.4) is 0 Å². The van der Waals surface area contributed by atoms with Crippen molar-refractivity contribution in [1.29, 1.82) is 0 Å². The third kappa shape index (κ3) is 27.6. The van der Waals surface area contributed by atoms with E-state index >= 15 is 0 Å². The molecule has 1 fully saturated rings. The lowest BCUT2D eigenvalue weighted by Gasteiger charge is -2.28. The number of rotatable bonds is 34. The number of aliphatic carboxylic acids is 2. The highest BCUT2D eigenvalue weighted by Gasteiger charge is 2.29. The quantitative estimate of drug-likeness (QED) is 0.0461. The third-order valence-corrected chi connectivity index (χ3v) is 9.77. The van der Waals surface area contributed by atoms with Gasteiger partial charge < -0.3 is 35.6 Å². The van der Waals surface area contributed by atoms with Crippen LogP contribution in [0.4, 0.5) is 0 Å². The molecule has 1 rings (SSSR count). The lowest BCUT2D eigenvalue weighted by atomic mass is 9.81. The van der Waals surface area contributed by atoms with E-state index in [1.54, 1.807) is 0 Å². The number of amides is 3. The van der Waals surface area contributed by atoms with Crippen LogP contribution in [-0.2, 0) is 33.4 Å². The minimum Gasteiger partial charge on any atom is -0.481 e. The van der Waals surface area contributed by atoms with Gasteiger partial charge in [-0.1, -0.05) is 89.9 Å². The second-order valence-electron chi connectivity index (χ2n) is 14.2. The van der Waals surface area contributed by atoms with Crippen molar-refractivity contribution < 1.29 is 43.7 Å². The summed E-state index contributed by atoms with van der Waals surface area (Å²) in [7, 11) is 0. The highest BCUT2D eigenvalue weighted by Crippen LogP contribution is 2.29. The van der Waals surface area contributed by atoms with E-state index in [-0.39, 0.29) is 36.5 Å². The molecule has 296 valence electrons. The highest BCUT2D eigenvalue weighted by molar-refractivity contribution is 5.85. The summed E-state index contributed by atoms with van der Waals surface area (Å²) >= 11 is 0. The maximum atomic E-state index is 12.8. The van der Waals surface area contributed by atoms with E-state index in [9.17, 15) is 29.1 Å². The summed E-state index contributed by atoms with van der Waals surface area (Å²) in [5, 5.41) is 26.6. The molecule has 12 nitrogen and oxygen atoms in total. The molecule has 0 aromatic heterocycles. The predicted molar refractivity (Wildman–Crippen MR) is 198 cm³/mol. The Morgan fingerprint density at radius 3 is 1.61 bits per heavy atom. The Morgan fingerprint density at radius 2 is 1.10 bits per heavy atom. The van der Waals surface area contributed by atoms with Crippen molar-refractivity contribution in [3.05, 3.63) is 0 Å². The van der Waals surface area contributed by atoms with Crippen LogP contribution in [0.25, 0.3) is 0 Å². The second-order valence-corrected chi connectivity index (χ2v) is 14.2. The largest absolute Gasteiger partial charge is 0.481 e. The molecule has 0 radical (unpaired) electrons. The van der Waals surface area contributed by atoms with E-state index in [0.717, 1.165) is 44.9 Å². The van der Waals surface area contributed by atoms with Crippen LogP contribution in [0.15, 0.2) is 0 Å². The third-order valence-electron chi connectivity index (χ3n) is 9.77. The average molecular weight is 726 g/mol. The molecule has 0 spiro atoms. The molecular weight excluding hydrogens is 654 g/mol. The summed E-state index contributed by atoms with van der Waals surface area (Å²) in [5.74, 6) is -2.25. The normalized spacial score (nSPS) is 16.3. The number of carboxylic acids is 2. The van der Waals surface area contributed by atoms with E-state index < -0.39 is 18.0 Å². The Hall–Kier alpha value is -2.73. The van der Waals surface area contributed by atoms with Gasteiger partial charge in [-0.2, -0.15) is 0 Å². The summed E-state index contributed by atoms with van der Waals surface area (Å²) in [5.41, 5.74) is 0. The Kier molecular flexibility index (Phi) is 29.0. The van der Waals surface area contributed by atoms with Gasteiger partial charge in [0.25, 0.3) is 0 Å². The first-order valence-electron chi connectivity index (χ1n) is 20.2. The number of unbranched alkanes of at least 4 members (excludes halogenated alkanes) is 15. The molecule has 0 heterocycles. The van der Waals surface area contributed by atoms with Gasteiger partial charge in [0.2, 0.25) is 17.7 Å². The van der Waals surface area contributed by atoms with E-state index in [2.05, 4.69) is 16.0 Å². The molecule has 1 aliphatic carbocycles. The van der Waals surface area contributed by atoms with Gasteiger partial charge in [-0.3, -0.25) is 19.2 Å². The van der Waals surface area contributed by atoms with Crippen molar-refractivity contribution in [3.8, 4) is 0 Å². The molecule has 3 amide bonds. The molecule has 0 aliphatic heterocycles. The zero-order chi connectivity index (χ0) is 37.4. The van der Waals surface area contributed by atoms with E-state index in [1.807, 2.05) is 6.92 Å². The lowest BCUT2D eigenvalue weighted by molar-refractivity contribution is -0.143. The van der Waals surface area contributed by atoms with Gasteiger partial charge >= 0.3 is 11.9 Å². The van der Waals surface area contributed by atoms with Crippen molar-refractivity contribution >= 4 is 29.7 Å². The molecule has 0 saturated heterocycles. The van der Waals surface area contributed by atoms with Gasteiger partial charge in [0.1, 0.15) is 6.04 Å². The summed E-state index contributed by atoms with van der Waals surface area (Å²) in [4.78, 5) is 59.5. The smallest absolute Gasteiger partial charge is 0.326 e. The maximum Gasteiger partial charge on any atom is 0.326 e. The van der Waals surface area contributed by atoms with E-state index in [4.69, 9.17) is 14.6 Å². The van der Waals surface area contributed by atoms with Crippen molar-refractivity contribution in [2.24, 2.45) is 11.8 Å². The van der Waals surface area contributed by atoms with Crippen LogP contribution < -0.4 is 16.0 Å². The molecule has 0 bridgehead atoms. The average Bonchev–Trinajstić information content (AvgIpc) is 3.11. The van der Waals surface area contributed by atoms with Gasteiger partial charge in [-0.25, -0.2) is 4.79 Å². The number of hydrogen-bond donors (Lipinski definition) is 5. The van der Waals surface area contributed by atoms with E-state index in [1.165, 1.54) is 70.6 Å². The van der Waals surface area contributed by atoms with Crippen LogP contribution in [0, 0.1) is 11.8 Å². The summed E-state index contributed by atoms with van der Waals surface area (Å²) in [6, 6.07) is -1.12. The van der Waals surface area contributed by atoms with Gasteiger partial charge in [0.15, 0.2) is 0 Å². The molecule has 1 saturated carbocycles. The minimum atomic E-state index is -1.15. The van der Waals surface area contributed by atoms with Crippen molar-refractivity contribution in [3.63, 3.8) is 0 Å². The van der Waals surface area contributed by atoms with Crippen molar-refractivity contribution in [1.82, 2.24) is 16.0 Å². The topological polar surface area (TPSA) is 180 Å². The predicted octanol–water partition coefficient (Wildman–Crippen LogP) is 6.53.